The zero-order valence-corrected chi connectivity index (χ0v) is 16.6. The molecule has 1 unspecified atom stereocenters. The molecule has 0 saturated carbocycles. The van der Waals surface area contributed by atoms with Crippen LogP contribution in [0.2, 0.25) is 0 Å². The zero-order valence-electron chi connectivity index (χ0n) is 16.6. The Bertz CT molecular complexity index is 828. The minimum Gasteiger partial charge on any atom is -0.379 e. The number of morpholine rings is 1. The maximum Gasteiger partial charge on any atom is 0.244 e. The molecule has 1 atom stereocenters. The summed E-state index contributed by atoms with van der Waals surface area (Å²) in [7, 11) is 0. The Kier molecular flexibility index (Phi) is 7.55. The van der Waals surface area contributed by atoms with E-state index in [0.717, 1.165) is 24.3 Å². The molecule has 2 amide bonds. The summed E-state index contributed by atoms with van der Waals surface area (Å²) in [6.07, 6.45) is 3.30. The number of carbonyl (C=O) groups excluding carboxylic acids is 2. The van der Waals surface area contributed by atoms with Gasteiger partial charge in [0, 0.05) is 38.3 Å². The second-order valence-corrected chi connectivity index (χ2v) is 6.96. The molecule has 1 aliphatic heterocycles. The second kappa shape index (κ2) is 10.5. The van der Waals surface area contributed by atoms with Crippen molar-refractivity contribution >= 4 is 23.6 Å². The number of nitrogens with one attached hydrogen (secondary N) is 2. The van der Waals surface area contributed by atoms with Gasteiger partial charge in [0.25, 0.3) is 0 Å². The summed E-state index contributed by atoms with van der Waals surface area (Å²) in [4.78, 5) is 25.8. The highest BCUT2D eigenvalue weighted by atomic mass is 16.5. The first-order valence-electron chi connectivity index (χ1n) is 9.82. The van der Waals surface area contributed by atoms with Crippen LogP contribution in [0, 0.1) is 0 Å². The Morgan fingerprint density at radius 2 is 1.76 bits per heavy atom. The number of hydrogen-bond acceptors (Lipinski definition) is 4. The average molecular weight is 393 g/mol. The lowest BCUT2D eigenvalue weighted by Crippen LogP contribution is -2.43. The molecule has 2 aromatic carbocycles. The van der Waals surface area contributed by atoms with Gasteiger partial charge in [-0.15, -0.1) is 0 Å². The summed E-state index contributed by atoms with van der Waals surface area (Å²) in [5.41, 5.74) is 2.81. The molecule has 0 aliphatic carbocycles. The Morgan fingerprint density at radius 1 is 1.07 bits per heavy atom. The van der Waals surface area contributed by atoms with E-state index in [1.54, 1.807) is 6.08 Å². The van der Waals surface area contributed by atoms with Crippen LogP contribution < -0.4 is 10.6 Å². The van der Waals surface area contributed by atoms with Gasteiger partial charge in [-0.1, -0.05) is 42.5 Å². The molecule has 2 aromatic rings. The molecule has 6 nitrogen and oxygen atoms in total. The summed E-state index contributed by atoms with van der Waals surface area (Å²) in [6, 6.07) is 17.7. The number of rotatable bonds is 7. The van der Waals surface area contributed by atoms with Crippen molar-refractivity contribution in [3.63, 3.8) is 0 Å². The maximum absolute atomic E-state index is 12.3. The quantitative estimate of drug-likeness (QED) is 0.710. The lowest BCUT2D eigenvalue weighted by Gasteiger charge is -2.34. The lowest BCUT2D eigenvalue weighted by molar-refractivity contribution is -0.117. The van der Waals surface area contributed by atoms with Gasteiger partial charge in [-0.25, -0.2) is 0 Å². The number of carbonyl (C=O) groups is 2. The summed E-state index contributed by atoms with van der Waals surface area (Å²) in [5, 5.41) is 5.74. The number of nitrogens with zero attached hydrogens (tertiary/aromatic N) is 1. The van der Waals surface area contributed by atoms with Gasteiger partial charge in [-0.05, 0) is 29.3 Å². The van der Waals surface area contributed by atoms with Crippen LogP contribution in [-0.4, -0.2) is 49.6 Å². The van der Waals surface area contributed by atoms with Gasteiger partial charge in [0.1, 0.15) is 0 Å². The minimum absolute atomic E-state index is 0.110. The van der Waals surface area contributed by atoms with Gasteiger partial charge >= 0.3 is 0 Å². The molecule has 0 aromatic heterocycles. The molecule has 1 fully saturated rings. The number of amides is 2. The predicted octanol–water partition coefficient (Wildman–Crippen LogP) is 2.85. The normalized spacial score (nSPS) is 15.8. The van der Waals surface area contributed by atoms with Crippen LogP contribution in [0.25, 0.3) is 6.08 Å². The van der Waals surface area contributed by atoms with E-state index in [4.69, 9.17) is 4.74 Å². The SMILES string of the molecule is CC(=O)Nc1ccc(/C=C/C(=O)NCC(c2ccccc2)N2CCOCC2)cc1. The first kappa shape index (κ1) is 20.8. The van der Waals surface area contributed by atoms with E-state index in [1.165, 1.54) is 18.6 Å². The Labute approximate surface area is 171 Å². The second-order valence-electron chi connectivity index (χ2n) is 6.96. The van der Waals surface area contributed by atoms with Crippen molar-refractivity contribution in [2.45, 2.75) is 13.0 Å². The third kappa shape index (κ3) is 6.55. The summed E-state index contributed by atoms with van der Waals surface area (Å²) < 4.78 is 5.47. The van der Waals surface area contributed by atoms with Crippen LogP contribution in [0.3, 0.4) is 0 Å². The first-order valence-corrected chi connectivity index (χ1v) is 9.82. The number of hydrogen-bond donors (Lipinski definition) is 2. The van der Waals surface area contributed by atoms with E-state index < -0.39 is 0 Å². The van der Waals surface area contributed by atoms with Gasteiger partial charge < -0.3 is 15.4 Å². The molecule has 0 radical (unpaired) electrons. The monoisotopic (exact) mass is 393 g/mol. The highest BCUT2D eigenvalue weighted by Crippen LogP contribution is 2.21. The van der Waals surface area contributed by atoms with E-state index >= 15 is 0 Å². The van der Waals surface area contributed by atoms with E-state index in [2.05, 4.69) is 27.7 Å². The number of anilines is 1. The van der Waals surface area contributed by atoms with Crippen LogP contribution in [0.5, 0.6) is 0 Å². The van der Waals surface area contributed by atoms with E-state index in [9.17, 15) is 9.59 Å². The third-order valence-corrected chi connectivity index (χ3v) is 4.80. The molecule has 1 heterocycles. The van der Waals surface area contributed by atoms with Crippen molar-refractivity contribution in [1.82, 2.24) is 10.2 Å². The van der Waals surface area contributed by atoms with Crippen LogP contribution in [0.4, 0.5) is 5.69 Å². The molecule has 29 heavy (non-hydrogen) atoms. The standard InChI is InChI=1S/C23H27N3O3/c1-18(27)25-21-10-7-19(8-11-21)9-12-23(28)24-17-22(20-5-3-2-4-6-20)26-13-15-29-16-14-26/h2-12,22H,13-17H2,1H3,(H,24,28)(H,25,27)/b12-9+. The van der Waals surface area contributed by atoms with E-state index in [-0.39, 0.29) is 17.9 Å². The molecule has 1 saturated heterocycles. The molecule has 6 heteroatoms. The highest BCUT2D eigenvalue weighted by molar-refractivity contribution is 5.92. The Balaban J connectivity index is 1.58. The van der Waals surface area contributed by atoms with E-state index in [1.807, 2.05) is 42.5 Å². The highest BCUT2D eigenvalue weighted by Gasteiger charge is 2.22. The topological polar surface area (TPSA) is 70.7 Å². The fraction of sp³-hybridized carbons (Fsp3) is 0.304. The van der Waals surface area contributed by atoms with Crippen molar-refractivity contribution < 1.29 is 14.3 Å². The van der Waals surface area contributed by atoms with Gasteiger partial charge in [0.05, 0.1) is 19.3 Å². The summed E-state index contributed by atoms with van der Waals surface area (Å²) >= 11 is 0. The Morgan fingerprint density at radius 3 is 2.41 bits per heavy atom. The van der Waals surface area contributed by atoms with Crippen LogP contribution >= 0.6 is 0 Å². The van der Waals surface area contributed by atoms with Crippen molar-refractivity contribution in [3.8, 4) is 0 Å². The van der Waals surface area contributed by atoms with Gasteiger partial charge in [0.2, 0.25) is 11.8 Å². The molecule has 0 spiro atoms. The molecule has 3 rings (SSSR count). The first-order chi connectivity index (χ1) is 14.1. The molecule has 1 aliphatic rings. The van der Waals surface area contributed by atoms with Crippen LogP contribution in [-0.2, 0) is 14.3 Å². The largest absolute Gasteiger partial charge is 0.379 e. The number of benzene rings is 2. The lowest BCUT2D eigenvalue weighted by atomic mass is 10.0. The molecule has 152 valence electrons. The molecular weight excluding hydrogens is 366 g/mol. The minimum atomic E-state index is -0.134. The predicted molar refractivity (Wildman–Crippen MR) is 114 cm³/mol. The maximum atomic E-state index is 12.3. The average Bonchev–Trinajstić information content (AvgIpc) is 2.74. The van der Waals surface area contributed by atoms with Gasteiger partial charge in [-0.3, -0.25) is 14.5 Å². The third-order valence-electron chi connectivity index (χ3n) is 4.80. The van der Waals surface area contributed by atoms with Crippen molar-refractivity contribution in [3.05, 3.63) is 71.8 Å². The summed E-state index contributed by atoms with van der Waals surface area (Å²) in [6.45, 7) is 5.14. The van der Waals surface area contributed by atoms with E-state index in [0.29, 0.717) is 19.8 Å². The fourth-order valence-electron chi connectivity index (χ4n) is 3.33. The molecule has 2 N–H and O–H groups in total. The van der Waals surface area contributed by atoms with Crippen molar-refractivity contribution in [1.29, 1.82) is 0 Å². The smallest absolute Gasteiger partial charge is 0.244 e. The van der Waals surface area contributed by atoms with Crippen molar-refractivity contribution in [2.24, 2.45) is 0 Å². The summed E-state index contributed by atoms with van der Waals surface area (Å²) in [5.74, 6) is -0.244. The fourth-order valence-corrected chi connectivity index (χ4v) is 3.33. The van der Waals surface area contributed by atoms with Crippen molar-refractivity contribution in [2.75, 3.05) is 38.2 Å². The van der Waals surface area contributed by atoms with Crippen LogP contribution in [0.15, 0.2) is 60.7 Å². The zero-order chi connectivity index (χ0) is 20.5. The Hall–Kier alpha value is -2.96. The molecule has 0 bridgehead atoms. The van der Waals surface area contributed by atoms with Crippen LogP contribution in [0.1, 0.15) is 24.1 Å². The van der Waals surface area contributed by atoms with Gasteiger partial charge in [-0.2, -0.15) is 0 Å². The molecular formula is C23H27N3O3. The van der Waals surface area contributed by atoms with Gasteiger partial charge in [0.15, 0.2) is 0 Å². The number of ether oxygens (including phenoxy) is 1.